The maximum Gasteiger partial charge on any atom is -0.147 e. The Morgan fingerprint density at radius 2 is 1.87 bits per heavy atom. The monoisotopic (exact) mass is 319 g/mol. The summed E-state index contributed by atoms with van der Waals surface area (Å²) in [6.07, 6.45) is 4.96. The summed E-state index contributed by atoms with van der Waals surface area (Å²) in [5, 5.41) is 0. The van der Waals surface area contributed by atoms with Gasteiger partial charge in [-0.05, 0) is 0 Å². The summed E-state index contributed by atoms with van der Waals surface area (Å²) < 4.78 is 1.62. The number of hydrogen-bond acceptors (Lipinski definition) is 0. The first kappa shape index (κ1) is 15.4. The quantitative estimate of drug-likeness (QED) is 0.761. The Hall–Kier alpha value is 0.423. The first-order chi connectivity index (χ1) is 6.33. The topological polar surface area (TPSA) is 0 Å². The number of rotatable bonds is 2. The molecule has 1 aromatic rings. The standard InChI is InChI=1S/C12H13.2ClH.Zr/c1-2-5-10-8-9-11-6-3-4-7-12(10)11;;;/h3-4,6-7,9-10H,2,5H2,1H3;2*1H;. The molecule has 2 rings (SSSR count). The molecular weight excluding hydrogens is 306 g/mol. The van der Waals surface area contributed by atoms with E-state index in [1.165, 1.54) is 18.4 Å². The van der Waals surface area contributed by atoms with E-state index in [9.17, 15) is 0 Å². The minimum absolute atomic E-state index is 0. The smallest absolute Gasteiger partial charge is 0.147 e. The molecule has 0 radical (unpaired) electrons. The molecule has 1 atom stereocenters. The van der Waals surface area contributed by atoms with Crippen molar-refractivity contribution in [3.05, 3.63) is 38.7 Å². The van der Waals surface area contributed by atoms with Gasteiger partial charge < -0.3 is 0 Å². The van der Waals surface area contributed by atoms with Gasteiger partial charge in [0, 0.05) is 0 Å². The Balaban J connectivity index is 0.000000980. The maximum atomic E-state index is 2.37. The van der Waals surface area contributed by atoms with Crippen LogP contribution in [-0.4, -0.2) is 0 Å². The van der Waals surface area contributed by atoms with Crippen LogP contribution >= 0.6 is 24.8 Å². The molecular formula is C12H15Cl2Zr. The van der Waals surface area contributed by atoms with Crippen molar-refractivity contribution in [3.63, 3.8) is 0 Å². The molecule has 0 saturated heterocycles. The van der Waals surface area contributed by atoms with E-state index in [-0.39, 0.29) is 24.8 Å². The zero-order valence-electron chi connectivity index (χ0n) is 8.69. The molecule has 0 nitrogen and oxygen atoms in total. The zero-order valence-corrected chi connectivity index (χ0v) is 12.8. The first-order valence-corrected chi connectivity index (χ1v) is 6.08. The number of allylic oxidation sites excluding steroid dienone is 1. The van der Waals surface area contributed by atoms with Crippen molar-refractivity contribution in [2.45, 2.75) is 25.7 Å². The summed E-state index contributed by atoms with van der Waals surface area (Å²) in [5.74, 6) is 0.736. The average Bonchev–Trinajstić information content (AvgIpc) is 2.44. The van der Waals surface area contributed by atoms with Crippen LogP contribution in [0.3, 0.4) is 0 Å². The minimum atomic E-state index is 0. The SMILES string of the molecule is CCCC1[C]([Zr])=Cc2ccccc21.Cl.Cl. The van der Waals surface area contributed by atoms with Gasteiger partial charge in [-0.2, -0.15) is 0 Å². The van der Waals surface area contributed by atoms with Gasteiger partial charge in [-0.15, -0.1) is 24.8 Å². The van der Waals surface area contributed by atoms with Crippen molar-refractivity contribution in [2.75, 3.05) is 0 Å². The molecule has 0 heterocycles. The second-order valence-corrected chi connectivity index (χ2v) is 4.99. The van der Waals surface area contributed by atoms with Crippen LogP contribution in [0.1, 0.15) is 36.8 Å². The molecule has 1 aliphatic rings. The van der Waals surface area contributed by atoms with Gasteiger partial charge in [0.1, 0.15) is 0 Å². The summed E-state index contributed by atoms with van der Waals surface area (Å²) >= 11 is 1.58. The van der Waals surface area contributed by atoms with E-state index in [1.807, 2.05) is 0 Å². The van der Waals surface area contributed by atoms with E-state index < -0.39 is 0 Å². The summed E-state index contributed by atoms with van der Waals surface area (Å²) in [4.78, 5) is 0. The molecule has 15 heavy (non-hydrogen) atoms. The van der Waals surface area contributed by atoms with Crippen LogP contribution in [0, 0.1) is 0 Å². The Bertz CT molecular complexity index is 347. The van der Waals surface area contributed by atoms with Crippen LogP contribution in [0.25, 0.3) is 6.08 Å². The first-order valence-electron chi connectivity index (χ1n) is 4.85. The Kier molecular flexibility index (Phi) is 7.08. The molecule has 0 saturated carbocycles. The molecule has 1 aromatic carbocycles. The van der Waals surface area contributed by atoms with Crippen molar-refractivity contribution < 1.29 is 24.7 Å². The zero-order chi connectivity index (χ0) is 9.26. The number of fused-ring (bicyclic) bond motifs is 1. The van der Waals surface area contributed by atoms with Crippen molar-refractivity contribution in [1.82, 2.24) is 0 Å². The largest absolute Gasteiger partial charge is 0.147 e. The van der Waals surface area contributed by atoms with Crippen LogP contribution in [-0.2, 0) is 24.7 Å². The van der Waals surface area contributed by atoms with Gasteiger partial charge in [-0.1, -0.05) is 0 Å². The molecule has 0 bridgehead atoms. The van der Waals surface area contributed by atoms with Crippen molar-refractivity contribution in [2.24, 2.45) is 0 Å². The molecule has 0 aliphatic heterocycles. The molecule has 3 heteroatoms. The van der Waals surface area contributed by atoms with Gasteiger partial charge in [0.05, 0.1) is 0 Å². The van der Waals surface area contributed by atoms with Crippen molar-refractivity contribution >= 4 is 30.9 Å². The summed E-state index contributed by atoms with van der Waals surface area (Å²) in [6.45, 7) is 2.27. The molecule has 0 aromatic heterocycles. The summed E-state index contributed by atoms with van der Waals surface area (Å²) in [6, 6.07) is 8.80. The van der Waals surface area contributed by atoms with Crippen LogP contribution in [0.5, 0.6) is 0 Å². The van der Waals surface area contributed by atoms with E-state index in [4.69, 9.17) is 0 Å². The molecule has 0 fully saturated rings. The Morgan fingerprint density at radius 1 is 1.20 bits per heavy atom. The minimum Gasteiger partial charge on any atom is -0.147 e. The summed E-state index contributed by atoms with van der Waals surface area (Å²) in [7, 11) is 0. The fourth-order valence-corrected chi connectivity index (χ4v) is 3.11. The fourth-order valence-electron chi connectivity index (χ4n) is 2.00. The third kappa shape index (κ3) is 3.19. The number of halogens is 2. The predicted octanol–water partition coefficient (Wildman–Crippen LogP) is 4.32. The van der Waals surface area contributed by atoms with E-state index >= 15 is 0 Å². The molecule has 0 N–H and O–H groups in total. The molecule has 81 valence electrons. The van der Waals surface area contributed by atoms with Crippen LogP contribution in [0.15, 0.2) is 27.5 Å². The summed E-state index contributed by atoms with van der Waals surface area (Å²) in [5.41, 5.74) is 3.00. The number of benzene rings is 1. The van der Waals surface area contributed by atoms with E-state index in [0.717, 1.165) is 5.92 Å². The second-order valence-electron chi connectivity index (χ2n) is 3.57. The third-order valence-corrected chi connectivity index (χ3v) is 3.85. The van der Waals surface area contributed by atoms with Crippen molar-refractivity contribution in [3.8, 4) is 0 Å². The maximum absolute atomic E-state index is 2.37. The van der Waals surface area contributed by atoms with Crippen molar-refractivity contribution in [1.29, 1.82) is 0 Å². The third-order valence-electron chi connectivity index (χ3n) is 2.64. The van der Waals surface area contributed by atoms with E-state index in [1.54, 1.807) is 33.6 Å². The predicted molar refractivity (Wildman–Crippen MR) is 66.6 cm³/mol. The van der Waals surface area contributed by atoms with Gasteiger partial charge in [-0.25, -0.2) is 0 Å². The number of hydrogen-bond donors (Lipinski definition) is 0. The van der Waals surface area contributed by atoms with E-state index in [0.29, 0.717) is 0 Å². The van der Waals surface area contributed by atoms with Gasteiger partial charge in [-0.3, -0.25) is 0 Å². The fraction of sp³-hybridized carbons (Fsp3) is 0.333. The van der Waals surface area contributed by atoms with Gasteiger partial charge >= 0.3 is 95.2 Å². The Morgan fingerprint density at radius 3 is 2.53 bits per heavy atom. The second kappa shape index (κ2) is 6.89. The van der Waals surface area contributed by atoms with Crippen LogP contribution in [0.4, 0.5) is 0 Å². The van der Waals surface area contributed by atoms with Gasteiger partial charge in [0.15, 0.2) is 0 Å². The van der Waals surface area contributed by atoms with Crippen LogP contribution < -0.4 is 0 Å². The average molecular weight is 321 g/mol. The van der Waals surface area contributed by atoms with E-state index in [2.05, 4.69) is 37.3 Å². The van der Waals surface area contributed by atoms with Crippen LogP contribution in [0.2, 0.25) is 0 Å². The van der Waals surface area contributed by atoms with Gasteiger partial charge in [0.25, 0.3) is 0 Å². The molecule has 1 unspecified atom stereocenters. The Labute approximate surface area is 119 Å². The molecule has 1 aliphatic carbocycles. The normalized spacial score (nSPS) is 17.1. The van der Waals surface area contributed by atoms with Gasteiger partial charge in [0.2, 0.25) is 0 Å². The molecule has 0 amide bonds. The molecule has 0 spiro atoms.